The molecule has 3 nitrogen and oxygen atoms in total. The van der Waals surface area contributed by atoms with E-state index in [9.17, 15) is 0 Å². The van der Waals surface area contributed by atoms with Crippen LogP contribution in [0, 0.1) is 0 Å². The first kappa shape index (κ1) is 22.3. The Balaban J connectivity index is -0.000000440. The Kier molecular flexibility index (Phi) is 28.0. The molecule has 0 aromatic carbocycles. The maximum absolute atomic E-state index is 8.36. The molecule has 0 fully saturated rings. The summed E-state index contributed by atoms with van der Waals surface area (Å²) in [7, 11) is 0. The fourth-order valence-electron chi connectivity index (χ4n) is 1.48. The number of nitrogens with zero attached hydrogens (tertiary/aromatic N) is 1. The van der Waals surface area contributed by atoms with Crippen molar-refractivity contribution in [1.82, 2.24) is 4.90 Å². The van der Waals surface area contributed by atoms with Crippen molar-refractivity contribution in [3.63, 3.8) is 0 Å². The zero-order chi connectivity index (χ0) is 12.6. The molecule has 0 saturated heterocycles. The standard InChI is InChI=1S/C12H27N.CH2O2.Pd/c1-4-7-10-13(11-8-5-2)12-9-6-3;2-1-3;/h4-12H2,1-3H3;1H,(H,2,3);. The van der Waals surface area contributed by atoms with Crippen LogP contribution in [0.15, 0.2) is 0 Å². The molecule has 0 unspecified atom stereocenters. The zero-order valence-electron chi connectivity index (χ0n) is 11.6. The SMILES string of the molecule is CCCCN(CCCC)CCCC.O=CO.[Pd]. The number of carboxylic acid groups (broad SMARTS) is 1. The monoisotopic (exact) mass is 337 g/mol. The second-order valence-electron chi connectivity index (χ2n) is 4.01. The van der Waals surface area contributed by atoms with Gasteiger partial charge in [-0.1, -0.05) is 40.0 Å². The summed E-state index contributed by atoms with van der Waals surface area (Å²) < 4.78 is 0. The van der Waals surface area contributed by atoms with Crippen molar-refractivity contribution in [1.29, 1.82) is 0 Å². The van der Waals surface area contributed by atoms with Crippen LogP contribution in [0.3, 0.4) is 0 Å². The van der Waals surface area contributed by atoms with Crippen LogP contribution in [0.1, 0.15) is 59.3 Å². The van der Waals surface area contributed by atoms with E-state index in [0.717, 1.165) is 0 Å². The summed E-state index contributed by atoms with van der Waals surface area (Å²) in [6.45, 7) is 10.5. The van der Waals surface area contributed by atoms with Crippen molar-refractivity contribution in [2.24, 2.45) is 0 Å². The minimum Gasteiger partial charge on any atom is -0.483 e. The molecule has 0 rings (SSSR count). The Morgan fingerprint density at radius 1 is 0.882 bits per heavy atom. The van der Waals surface area contributed by atoms with E-state index in [4.69, 9.17) is 9.90 Å². The molecule has 4 heteroatoms. The van der Waals surface area contributed by atoms with Crippen LogP contribution < -0.4 is 0 Å². The number of unbranched alkanes of at least 4 members (excludes halogenated alkanes) is 3. The molecule has 0 spiro atoms. The van der Waals surface area contributed by atoms with Crippen LogP contribution in [-0.4, -0.2) is 36.1 Å². The van der Waals surface area contributed by atoms with Gasteiger partial charge in [0.2, 0.25) is 0 Å². The molecule has 0 radical (unpaired) electrons. The molecule has 0 aliphatic carbocycles. The first-order valence-electron chi connectivity index (χ1n) is 6.56. The predicted molar refractivity (Wildman–Crippen MR) is 69.9 cm³/mol. The molecular formula is C13H29NO2Pd. The molecule has 0 heterocycles. The van der Waals surface area contributed by atoms with Gasteiger partial charge in [-0.15, -0.1) is 0 Å². The van der Waals surface area contributed by atoms with Crippen molar-refractivity contribution in [3.8, 4) is 0 Å². The zero-order valence-corrected chi connectivity index (χ0v) is 13.1. The average molecular weight is 338 g/mol. The van der Waals surface area contributed by atoms with E-state index in [0.29, 0.717) is 0 Å². The maximum atomic E-state index is 8.36. The van der Waals surface area contributed by atoms with Gasteiger partial charge in [-0.2, -0.15) is 0 Å². The van der Waals surface area contributed by atoms with Crippen LogP contribution in [-0.2, 0) is 25.2 Å². The van der Waals surface area contributed by atoms with Crippen LogP contribution in [0.4, 0.5) is 0 Å². The van der Waals surface area contributed by atoms with Gasteiger partial charge in [-0.3, -0.25) is 4.79 Å². The van der Waals surface area contributed by atoms with E-state index in [2.05, 4.69) is 25.7 Å². The summed E-state index contributed by atoms with van der Waals surface area (Å²) in [6.07, 6.45) is 8.09. The van der Waals surface area contributed by atoms with Gasteiger partial charge in [-0.05, 0) is 38.9 Å². The van der Waals surface area contributed by atoms with E-state index in [1.165, 1.54) is 58.2 Å². The number of carbonyl (C=O) groups is 1. The molecule has 0 aliphatic heterocycles. The van der Waals surface area contributed by atoms with Gasteiger partial charge in [0, 0.05) is 20.4 Å². The van der Waals surface area contributed by atoms with Crippen molar-refractivity contribution in [3.05, 3.63) is 0 Å². The molecule has 1 N–H and O–H groups in total. The van der Waals surface area contributed by atoms with Gasteiger partial charge in [0.1, 0.15) is 0 Å². The normalized spacial score (nSPS) is 9.18. The van der Waals surface area contributed by atoms with E-state index in [-0.39, 0.29) is 26.9 Å². The smallest absolute Gasteiger partial charge is 0.290 e. The Morgan fingerprint density at radius 2 is 1.12 bits per heavy atom. The maximum Gasteiger partial charge on any atom is 0.290 e. The summed E-state index contributed by atoms with van der Waals surface area (Å²) in [5.74, 6) is 0. The Morgan fingerprint density at radius 3 is 1.29 bits per heavy atom. The molecule has 0 amide bonds. The molecule has 0 aliphatic rings. The number of hydrogen-bond donors (Lipinski definition) is 1. The fraction of sp³-hybridized carbons (Fsp3) is 0.923. The van der Waals surface area contributed by atoms with E-state index >= 15 is 0 Å². The van der Waals surface area contributed by atoms with Crippen molar-refractivity contribution < 1.29 is 30.3 Å². The summed E-state index contributed by atoms with van der Waals surface area (Å²) in [4.78, 5) is 11.0. The third kappa shape index (κ3) is 21.9. The fourth-order valence-corrected chi connectivity index (χ4v) is 1.48. The molecule has 0 bridgehead atoms. The Labute approximate surface area is 121 Å². The average Bonchev–Trinajstić information content (AvgIpc) is 2.29. The van der Waals surface area contributed by atoms with Gasteiger partial charge in [0.15, 0.2) is 0 Å². The summed E-state index contributed by atoms with van der Waals surface area (Å²) in [5.41, 5.74) is 0. The largest absolute Gasteiger partial charge is 0.483 e. The third-order valence-corrected chi connectivity index (χ3v) is 2.48. The summed E-state index contributed by atoms with van der Waals surface area (Å²) >= 11 is 0. The van der Waals surface area contributed by atoms with Crippen molar-refractivity contribution in [2.75, 3.05) is 19.6 Å². The molecule has 0 atom stereocenters. The third-order valence-electron chi connectivity index (χ3n) is 2.48. The van der Waals surface area contributed by atoms with Crippen LogP contribution in [0.25, 0.3) is 0 Å². The van der Waals surface area contributed by atoms with Crippen LogP contribution in [0.5, 0.6) is 0 Å². The van der Waals surface area contributed by atoms with Gasteiger partial charge in [0.05, 0.1) is 0 Å². The topological polar surface area (TPSA) is 40.5 Å². The molecular weight excluding hydrogens is 309 g/mol. The van der Waals surface area contributed by atoms with Crippen molar-refractivity contribution in [2.45, 2.75) is 59.3 Å². The molecule has 0 saturated carbocycles. The van der Waals surface area contributed by atoms with Crippen LogP contribution in [0.2, 0.25) is 0 Å². The van der Waals surface area contributed by atoms with Crippen LogP contribution >= 0.6 is 0 Å². The molecule has 108 valence electrons. The minimum absolute atomic E-state index is 0. The van der Waals surface area contributed by atoms with E-state index in [1.54, 1.807) is 0 Å². The van der Waals surface area contributed by atoms with Crippen molar-refractivity contribution >= 4 is 6.47 Å². The quantitative estimate of drug-likeness (QED) is 0.518. The first-order chi connectivity index (χ1) is 7.76. The molecule has 0 aromatic heterocycles. The van der Waals surface area contributed by atoms with Gasteiger partial charge in [0.25, 0.3) is 6.47 Å². The Hall–Kier alpha value is 0.0923. The van der Waals surface area contributed by atoms with E-state index in [1.807, 2.05) is 0 Å². The van der Waals surface area contributed by atoms with Gasteiger partial charge < -0.3 is 10.0 Å². The molecule has 0 aromatic rings. The first-order valence-corrected chi connectivity index (χ1v) is 6.56. The summed E-state index contributed by atoms with van der Waals surface area (Å²) in [6, 6.07) is 0. The Bertz CT molecular complexity index is 116. The van der Waals surface area contributed by atoms with Gasteiger partial charge in [-0.25, -0.2) is 0 Å². The van der Waals surface area contributed by atoms with E-state index < -0.39 is 0 Å². The number of hydrogen-bond acceptors (Lipinski definition) is 2. The second-order valence-corrected chi connectivity index (χ2v) is 4.01. The second kappa shape index (κ2) is 21.4. The molecule has 17 heavy (non-hydrogen) atoms. The minimum atomic E-state index is -0.250. The predicted octanol–water partition coefficient (Wildman–Crippen LogP) is 3.39. The van der Waals surface area contributed by atoms with Gasteiger partial charge >= 0.3 is 0 Å². The number of rotatable bonds is 9. The summed E-state index contributed by atoms with van der Waals surface area (Å²) in [5, 5.41) is 6.89.